The molecule has 2 rings (SSSR count). The summed E-state index contributed by atoms with van der Waals surface area (Å²) in [5.41, 5.74) is 1.16. The Kier molecular flexibility index (Phi) is 6.09. The van der Waals surface area contributed by atoms with Gasteiger partial charge >= 0.3 is 0 Å². The molecule has 3 nitrogen and oxygen atoms in total. The van der Waals surface area contributed by atoms with Crippen LogP contribution in [0.4, 0.5) is 0 Å². The number of nitrogens with zero attached hydrogens (tertiary/aromatic N) is 1. The number of benzene rings is 1. The maximum atomic E-state index is 12.5. The van der Waals surface area contributed by atoms with Crippen molar-refractivity contribution in [1.82, 2.24) is 4.90 Å². The Hall–Kier alpha value is -1.51. The minimum Gasteiger partial charge on any atom is -0.497 e. The van der Waals surface area contributed by atoms with E-state index in [1.807, 2.05) is 12.1 Å². The molecule has 1 aliphatic heterocycles. The number of rotatable bonds is 6. The van der Waals surface area contributed by atoms with E-state index >= 15 is 0 Å². The molecule has 0 aliphatic carbocycles. The van der Waals surface area contributed by atoms with Gasteiger partial charge in [-0.25, -0.2) is 0 Å². The minimum atomic E-state index is -0.212. The zero-order valence-corrected chi connectivity index (χ0v) is 15.1. The summed E-state index contributed by atoms with van der Waals surface area (Å²) in [5, 5.41) is 0. The zero-order chi connectivity index (χ0) is 16.9. The van der Waals surface area contributed by atoms with Crippen LogP contribution >= 0.6 is 0 Å². The predicted molar refractivity (Wildman–Crippen MR) is 94.7 cm³/mol. The molecule has 1 aromatic rings. The molecule has 0 spiro atoms. The van der Waals surface area contributed by atoms with Gasteiger partial charge in [-0.15, -0.1) is 0 Å². The third kappa shape index (κ3) is 4.73. The predicted octanol–water partition coefficient (Wildman–Crippen LogP) is 4.30. The Morgan fingerprint density at radius 3 is 2.35 bits per heavy atom. The number of amides is 1. The molecule has 0 aromatic heterocycles. The first-order chi connectivity index (χ1) is 11.0. The molecular formula is C20H31NO2. The van der Waals surface area contributed by atoms with Crippen LogP contribution < -0.4 is 4.74 Å². The smallest absolute Gasteiger partial charge is 0.228 e. The van der Waals surface area contributed by atoms with Crippen LogP contribution in [0.1, 0.15) is 52.0 Å². The second kappa shape index (κ2) is 7.85. The number of aryl methyl sites for hydroxylation is 1. The summed E-state index contributed by atoms with van der Waals surface area (Å²) >= 11 is 0. The van der Waals surface area contributed by atoms with E-state index in [2.05, 4.69) is 37.8 Å². The quantitative estimate of drug-likeness (QED) is 0.783. The highest BCUT2D eigenvalue weighted by Gasteiger charge is 2.32. The molecule has 1 fully saturated rings. The molecule has 1 aliphatic rings. The van der Waals surface area contributed by atoms with E-state index in [0.717, 1.165) is 50.4 Å². The Balaban J connectivity index is 1.77. The maximum absolute atomic E-state index is 12.5. The van der Waals surface area contributed by atoms with Gasteiger partial charge in [0.2, 0.25) is 5.91 Å². The molecule has 0 radical (unpaired) electrons. The fraction of sp³-hybridized carbons (Fsp3) is 0.650. The molecule has 0 unspecified atom stereocenters. The van der Waals surface area contributed by atoms with E-state index in [1.165, 1.54) is 12.0 Å². The third-order valence-corrected chi connectivity index (χ3v) is 5.36. The van der Waals surface area contributed by atoms with Crippen molar-refractivity contribution in [3.63, 3.8) is 0 Å². The van der Waals surface area contributed by atoms with Crippen LogP contribution in [0.2, 0.25) is 0 Å². The Morgan fingerprint density at radius 1 is 1.22 bits per heavy atom. The molecule has 0 atom stereocenters. The number of methoxy groups -OCH3 is 1. The number of ether oxygens (including phenoxy) is 1. The molecule has 1 amide bonds. The molecule has 128 valence electrons. The summed E-state index contributed by atoms with van der Waals surface area (Å²) in [6.45, 7) is 8.07. The summed E-state index contributed by atoms with van der Waals surface area (Å²) in [6.07, 6.45) is 5.52. The van der Waals surface area contributed by atoms with Crippen molar-refractivity contribution < 1.29 is 9.53 Å². The molecule has 1 heterocycles. The first-order valence-corrected chi connectivity index (χ1v) is 8.88. The Labute approximate surface area is 141 Å². The van der Waals surface area contributed by atoms with Crippen molar-refractivity contribution >= 4 is 5.91 Å². The normalized spacial score (nSPS) is 16.4. The minimum absolute atomic E-state index is 0.212. The first kappa shape index (κ1) is 17.8. The third-order valence-electron chi connectivity index (χ3n) is 5.36. The summed E-state index contributed by atoms with van der Waals surface area (Å²) in [6, 6.07) is 8.37. The summed E-state index contributed by atoms with van der Waals surface area (Å²) in [7, 11) is 1.70. The highest BCUT2D eigenvalue weighted by molar-refractivity contribution is 5.81. The van der Waals surface area contributed by atoms with Crippen LogP contribution in [0.15, 0.2) is 24.3 Å². The van der Waals surface area contributed by atoms with Crippen molar-refractivity contribution in [3.05, 3.63) is 29.8 Å². The van der Waals surface area contributed by atoms with Crippen molar-refractivity contribution in [2.75, 3.05) is 20.2 Å². The molecule has 23 heavy (non-hydrogen) atoms. The van der Waals surface area contributed by atoms with Crippen LogP contribution in [0, 0.1) is 11.3 Å². The number of carbonyl (C=O) groups excluding carboxylic acids is 1. The Bertz CT molecular complexity index is 499. The number of likely N-dealkylation sites (tertiary alicyclic amines) is 1. The van der Waals surface area contributed by atoms with E-state index in [0.29, 0.717) is 5.91 Å². The molecule has 1 aromatic carbocycles. The largest absolute Gasteiger partial charge is 0.497 e. The van der Waals surface area contributed by atoms with Gasteiger partial charge in [-0.2, -0.15) is 0 Å². The zero-order valence-electron chi connectivity index (χ0n) is 15.1. The lowest BCUT2D eigenvalue weighted by molar-refractivity contribution is -0.142. The van der Waals surface area contributed by atoms with Crippen LogP contribution in [-0.4, -0.2) is 31.0 Å². The number of hydrogen-bond donors (Lipinski definition) is 0. The van der Waals surface area contributed by atoms with Gasteiger partial charge in [-0.3, -0.25) is 4.79 Å². The van der Waals surface area contributed by atoms with Gasteiger partial charge in [-0.05, 0) is 55.7 Å². The lowest BCUT2D eigenvalue weighted by atomic mass is 9.85. The average molecular weight is 317 g/mol. The first-order valence-electron chi connectivity index (χ1n) is 8.88. The van der Waals surface area contributed by atoms with E-state index < -0.39 is 0 Å². The molecule has 1 saturated heterocycles. The van der Waals surface area contributed by atoms with Gasteiger partial charge in [0.15, 0.2) is 0 Å². The van der Waals surface area contributed by atoms with Gasteiger partial charge in [0, 0.05) is 18.5 Å². The standard InChI is InChI=1S/C20H31NO2/c1-5-20(2,3)19(22)21-14-12-17(13-15-21)7-6-16-8-10-18(23-4)11-9-16/h8-11,17H,5-7,12-15H2,1-4H3. The monoisotopic (exact) mass is 317 g/mol. The van der Waals surface area contributed by atoms with Gasteiger partial charge in [0.1, 0.15) is 5.75 Å². The summed E-state index contributed by atoms with van der Waals surface area (Å²) in [4.78, 5) is 14.6. The van der Waals surface area contributed by atoms with Gasteiger partial charge in [0.05, 0.1) is 7.11 Å². The molecule has 3 heteroatoms. The fourth-order valence-corrected chi connectivity index (χ4v) is 3.17. The van der Waals surface area contributed by atoms with Crippen LogP contribution in [0.25, 0.3) is 0 Å². The molecule has 0 N–H and O–H groups in total. The number of piperidine rings is 1. The maximum Gasteiger partial charge on any atom is 0.228 e. The average Bonchev–Trinajstić information content (AvgIpc) is 2.60. The summed E-state index contributed by atoms with van der Waals surface area (Å²) < 4.78 is 5.20. The molecule has 0 bridgehead atoms. The van der Waals surface area contributed by atoms with Crippen LogP contribution in [0.3, 0.4) is 0 Å². The van der Waals surface area contributed by atoms with Crippen molar-refractivity contribution in [3.8, 4) is 5.75 Å². The van der Waals surface area contributed by atoms with Crippen LogP contribution in [0.5, 0.6) is 5.75 Å². The molecular weight excluding hydrogens is 286 g/mol. The fourth-order valence-electron chi connectivity index (χ4n) is 3.17. The SMILES string of the molecule is CCC(C)(C)C(=O)N1CCC(CCc2ccc(OC)cc2)CC1. The van der Waals surface area contributed by atoms with Gasteiger partial charge in [-0.1, -0.05) is 32.9 Å². The highest BCUT2D eigenvalue weighted by Crippen LogP contribution is 2.28. The van der Waals surface area contributed by atoms with E-state index in [4.69, 9.17) is 4.74 Å². The van der Waals surface area contributed by atoms with Crippen LogP contribution in [-0.2, 0) is 11.2 Å². The summed E-state index contributed by atoms with van der Waals surface area (Å²) in [5.74, 6) is 1.98. The highest BCUT2D eigenvalue weighted by atomic mass is 16.5. The number of hydrogen-bond acceptors (Lipinski definition) is 2. The van der Waals surface area contributed by atoms with Crippen molar-refractivity contribution in [1.29, 1.82) is 0 Å². The second-order valence-electron chi connectivity index (χ2n) is 7.36. The second-order valence-corrected chi connectivity index (χ2v) is 7.36. The van der Waals surface area contributed by atoms with E-state index in [-0.39, 0.29) is 5.41 Å². The lowest BCUT2D eigenvalue weighted by Gasteiger charge is -2.36. The van der Waals surface area contributed by atoms with Gasteiger partial charge in [0.25, 0.3) is 0 Å². The topological polar surface area (TPSA) is 29.5 Å². The Morgan fingerprint density at radius 2 is 1.83 bits per heavy atom. The van der Waals surface area contributed by atoms with Crippen molar-refractivity contribution in [2.24, 2.45) is 11.3 Å². The van der Waals surface area contributed by atoms with Gasteiger partial charge < -0.3 is 9.64 Å². The van der Waals surface area contributed by atoms with E-state index in [1.54, 1.807) is 7.11 Å². The molecule has 0 saturated carbocycles. The lowest BCUT2D eigenvalue weighted by Crippen LogP contribution is -2.45. The van der Waals surface area contributed by atoms with Crippen molar-refractivity contribution in [2.45, 2.75) is 52.9 Å². The van der Waals surface area contributed by atoms with E-state index in [9.17, 15) is 4.79 Å². The number of carbonyl (C=O) groups is 1.